The number of amidine groups is 1. The van der Waals surface area contributed by atoms with Crippen LogP contribution >= 0.6 is 35.0 Å². The number of hydrogen-bond donors (Lipinski definition) is 4. The third-order valence-electron chi connectivity index (χ3n) is 5.48. The normalized spacial score (nSPS) is 23.3. The van der Waals surface area contributed by atoms with E-state index in [0.29, 0.717) is 16.3 Å². The van der Waals surface area contributed by atoms with E-state index in [1.807, 2.05) is 6.92 Å². The highest BCUT2D eigenvalue weighted by molar-refractivity contribution is 8.00. The van der Waals surface area contributed by atoms with Gasteiger partial charge in [0.15, 0.2) is 0 Å². The second-order valence-corrected chi connectivity index (χ2v) is 9.63. The zero-order valence-corrected chi connectivity index (χ0v) is 19.5. The van der Waals surface area contributed by atoms with Crippen LogP contribution in [0.5, 0.6) is 0 Å². The Morgan fingerprint density at radius 2 is 2.12 bits per heavy atom. The molecular formula is C21H20Cl2N4O4S. The Labute approximate surface area is 199 Å². The van der Waals surface area contributed by atoms with Gasteiger partial charge in [-0.2, -0.15) is 17.0 Å². The Balaban J connectivity index is 2.06. The first-order valence-electron chi connectivity index (χ1n) is 9.50. The lowest BCUT2D eigenvalue weighted by Crippen LogP contribution is -2.55. The molecule has 0 radical (unpaired) electrons. The van der Waals surface area contributed by atoms with E-state index in [-0.39, 0.29) is 34.4 Å². The SMILES string of the molecule is CC(=O)N[C@@H](CS[C@H]1CC(O)=CC2=C(C#N)C(=N)N(c3ccc(Cl)c(Cl)c3)[C@]21C)C(=O)O. The van der Waals surface area contributed by atoms with Gasteiger partial charge in [-0.05, 0) is 31.2 Å². The van der Waals surface area contributed by atoms with E-state index in [9.17, 15) is 25.1 Å². The first kappa shape index (κ1) is 24.0. The molecule has 2 aliphatic rings. The number of carboxylic acid groups (broad SMARTS) is 1. The highest BCUT2D eigenvalue weighted by Crippen LogP contribution is 2.50. The molecule has 0 saturated heterocycles. The van der Waals surface area contributed by atoms with Crippen LogP contribution in [0, 0.1) is 16.7 Å². The lowest BCUT2D eigenvalue weighted by atomic mass is 9.81. The maximum Gasteiger partial charge on any atom is 0.327 e. The topological polar surface area (TPSA) is 138 Å². The number of amides is 1. The maximum absolute atomic E-state index is 11.6. The fraction of sp³-hybridized carbons (Fsp3) is 0.333. The van der Waals surface area contributed by atoms with Crippen LogP contribution < -0.4 is 10.2 Å². The number of anilines is 1. The molecule has 1 aromatic rings. The number of rotatable bonds is 6. The second-order valence-electron chi connectivity index (χ2n) is 7.58. The van der Waals surface area contributed by atoms with E-state index in [1.165, 1.54) is 24.8 Å². The summed E-state index contributed by atoms with van der Waals surface area (Å²) in [5, 5.41) is 40.8. The number of benzene rings is 1. The summed E-state index contributed by atoms with van der Waals surface area (Å²) in [4.78, 5) is 24.6. The Hall–Kier alpha value is -2.67. The van der Waals surface area contributed by atoms with Gasteiger partial charge in [-0.15, -0.1) is 0 Å². The number of fused-ring (bicyclic) bond motifs is 1. The molecule has 1 aromatic carbocycles. The molecular weight excluding hydrogens is 475 g/mol. The summed E-state index contributed by atoms with van der Waals surface area (Å²) in [6.45, 7) is 3.07. The molecule has 11 heteroatoms. The minimum Gasteiger partial charge on any atom is -0.512 e. The Kier molecular flexibility index (Phi) is 6.79. The highest BCUT2D eigenvalue weighted by atomic mass is 35.5. The van der Waals surface area contributed by atoms with Crippen LogP contribution in [-0.2, 0) is 9.59 Å². The summed E-state index contributed by atoms with van der Waals surface area (Å²) in [5.41, 5.74) is 0.137. The van der Waals surface area contributed by atoms with E-state index in [1.54, 1.807) is 23.1 Å². The number of nitrogens with zero attached hydrogens (tertiary/aromatic N) is 2. The van der Waals surface area contributed by atoms with Crippen molar-refractivity contribution in [2.75, 3.05) is 10.7 Å². The summed E-state index contributed by atoms with van der Waals surface area (Å²) in [6.07, 6.45) is 1.67. The molecule has 3 atom stereocenters. The van der Waals surface area contributed by atoms with Gasteiger partial charge in [-0.1, -0.05) is 23.2 Å². The Bertz CT molecular complexity index is 1110. The summed E-state index contributed by atoms with van der Waals surface area (Å²) in [7, 11) is 0. The fourth-order valence-corrected chi connectivity index (χ4v) is 5.77. The van der Waals surface area contributed by atoms with Gasteiger partial charge >= 0.3 is 5.97 Å². The average Bonchev–Trinajstić information content (AvgIpc) is 2.93. The third-order valence-corrected chi connectivity index (χ3v) is 7.78. The number of thioether (sulfide) groups is 1. The van der Waals surface area contributed by atoms with Crippen LogP contribution in [0.1, 0.15) is 20.3 Å². The Morgan fingerprint density at radius 3 is 2.69 bits per heavy atom. The number of aliphatic carboxylic acids is 1. The van der Waals surface area contributed by atoms with Crippen LogP contribution in [0.15, 0.2) is 41.2 Å². The van der Waals surface area contributed by atoms with Crippen molar-refractivity contribution in [1.29, 1.82) is 10.7 Å². The van der Waals surface area contributed by atoms with E-state index in [0.717, 1.165) is 0 Å². The first-order chi connectivity index (χ1) is 15.0. The number of nitrogens with one attached hydrogen (secondary N) is 2. The molecule has 4 N–H and O–H groups in total. The van der Waals surface area contributed by atoms with Crippen molar-refractivity contribution in [3.63, 3.8) is 0 Å². The summed E-state index contributed by atoms with van der Waals surface area (Å²) < 4.78 is 0. The van der Waals surface area contributed by atoms with Crippen molar-refractivity contribution in [1.82, 2.24) is 5.32 Å². The predicted molar refractivity (Wildman–Crippen MR) is 125 cm³/mol. The van der Waals surface area contributed by atoms with E-state index < -0.39 is 28.7 Å². The van der Waals surface area contributed by atoms with Gasteiger partial charge in [-0.3, -0.25) is 10.2 Å². The van der Waals surface area contributed by atoms with Crippen molar-refractivity contribution in [2.24, 2.45) is 0 Å². The number of allylic oxidation sites excluding steroid dienone is 1. The van der Waals surface area contributed by atoms with Crippen LogP contribution in [0.3, 0.4) is 0 Å². The summed E-state index contributed by atoms with van der Waals surface area (Å²) in [5.74, 6) is -1.65. The van der Waals surface area contributed by atoms with Crippen LogP contribution in [-0.4, -0.2) is 50.5 Å². The van der Waals surface area contributed by atoms with E-state index in [2.05, 4.69) is 11.4 Å². The fourth-order valence-electron chi connectivity index (χ4n) is 3.98. The van der Waals surface area contributed by atoms with Crippen molar-refractivity contribution in [3.05, 3.63) is 51.2 Å². The standard InChI is InChI=1S/C21H20Cl2N4O4S/c1-10(28)26-17(20(30)31)9-32-18-7-12(29)6-14-13(8-24)19(25)27(21(14,18)2)11-3-4-15(22)16(23)5-11/h3-6,17-18,25,29H,7,9H2,1-2H3,(H,26,28)(H,30,31)/t17-,18-,21+/m0/s1. The van der Waals surface area contributed by atoms with E-state index in [4.69, 9.17) is 28.6 Å². The third kappa shape index (κ3) is 4.18. The number of aliphatic hydroxyl groups is 1. The highest BCUT2D eigenvalue weighted by Gasteiger charge is 2.54. The maximum atomic E-state index is 11.6. The molecule has 0 bridgehead atoms. The molecule has 1 aliphatic heterocycles. The predicted octanol–water partition coefficient (Wildman–Crippen LogP) is 3.91. The number of carbonyl (C=O) groups excluding carboxylic acids is 1. The van der Waals surface area contributed by atoms with Gasteiger partial charge < -0.3 is 20.4 Å². The number of nitriles is 1. The zero-order chi connectivity index (χ0) is 23.8. The second kappa shape index (κ2) is 9.06. The van der Waals surface area contributed by atoms with Crippen molar-refractivity contribution in [3.8, 4) is 6.07 Å². The van der Waals surface area contributed by atoms with Gasteiger partial charge in [0.2, 0.25) is 5.91 Å². The average molecular weight is 495 g/mol. The van der Waals surface area contributed by atoms with Crippen LogP contribution in [0.4, 0.5) is 5.69 Å². The molecule has 1 heterocycles. The quantitative estimate of drug-likeness (QED) is 0.470. The van der Waals surface area contributed by atoms with Gasteiger partial charge in [-0.25, -0.2) is 4.79 Å². The van der Waals surface area contributed by atoms with Crippen molar-refractivity contribution < 1.29 is 19.8 Å². The number of hydrogen-bond acceptors (Lipinski definition) is 6. The van der Waals surface area contributed by atoms with Gasteiger partial charge in [0.25, 0.3) is 0 Å². The van der Waals surface area contributed by atoms with Crippen molar-refractivity contribution >= 4 is 58.4 Å². The van der Waals surface area contributed by atoms with Crippen LogP contribution in [0.2, 0.25) is 10.0 Å². The zero-order valence-electron chi connectivity index (χ0n) is 17.1. The van der Waals surface area contributed by atoms with Gasteiger partial charge in [0, 0.05) is 35.6 Å². The minimum atomic E-state index is -1.18. The summed E-state index contributed by atoms with van der Waals surface area (Å²) in [6, 6.07) is 5.80. The number of carbonyl (C=O) groups is 2. The minimum absolute atomic E-state index is 0.0258. The molecule has 8 nitrogen and oxygen atoms in total. The smallest absolute Gasteiger partial charge is 0.327 e. The van der Waals surface area contributed by atoms with Crippen molar-refractivity contribution in [2.45, 2.75) is 37.1 Å². The van der Waals surface area contributed by atoms with E-state index >= 15 is 0 Å². The molecule has 1 amide bonds. The molecule has 0 aromatic heterocycles. The molecule has 1 aliphatic carbocycles. The monoisotopic (exact) mass is 494 g/mol. The molecule has 3 rings (SSSR count). The molecule has 0 fully saturated rings. The van der Waals surface area contributed by atoms with Crippen LogP contribution in [0.25, 0.3) is 0 Å². The molecule has 0 spiro atoms. The summed E-state index contributed by atoms with van der Waals surface area (Å²) >= 11 is 13.5. The molecule has 0 saturated carbocycles. The molecule has 168 valence electrons. The number of halogens is 2. The lowest BCUT2D eigenvalue weighted by Gasteiger charge is -2.45. The number of aliphatic hydroxyl groups excluding tert-OH is 1. The largest absolute Gasteiger partial charge is 0.512 e. The molecule has 32 heavy (non-hydrogen) atoms. The lowest BCUT2D eigenvalue weighted by molar-refractivity contribution is -0.140. The number of carboxylic acids is 1. The van der Waals surface area contributed by atoms with Gasteiger partial charge in [0.1, 0.15) is 23.5 Å². The Morgan fingerprint density at radius 1 is 1.44 bits per heavy atom. The first-order valence-corrected chi connectivity index (χ1v) is 11.3. The molecule has 0 unspecified atom stereocenters. The van der Waals surface area contributed by atoms with Gasteiger partial charge in [0.05, 0.1) is 21.3 Å².